The fraction of sp³-hybridized carbons (Fsp3) is 0.318. The first-order chi connectivity index (χ1) is 12.5. The smallest absolute Gasteiger partial charge is 0.244 e. The highest BCUT2D eigenvalue weighted by atomic mass is 16.5. The first-order valence-electron chi connectivity index (χ1n) is 8.76. The number of amides is 1. The van der Waals surface area contributed by atoms with E-state index < -0.39 is 0 Å². The molecule has 0 aliphatic rings. The lowest BCUT2D eigenvalue weighted by atomic mass is 9.97. The van der Waals surface area contributed by atoms with Crippen molar-refractivity contribution in [3.63, 3.8) is 0 Å². The highest BCUT2D eigenvalue weighted by Crippen LogP contribution is 2.28. The Morgan fingerprint density at radius 3 is 2.42 bits per heavy atom. The van der Waals surface area contributed by atoms with Crippen molar-refractivity contribution in [2.24, 2.45) is 0 Å². The summed E-state index contributed by atoms with van der Waals surface area (Å²) in [7, 11) is 3.19. The highest BCUT2D eigenvalue weighted by Gasteiger charge is 2.13. The van der Waals surface area contributed by atoms with Gasteiger partial charge in [-0.15, -0.1) is 0 Å². The zero-order valence-corrected chi connectivity index (χ0v) is 16.1. The molecule has 2 rings (SSSR count). The summed E-state index contributed by atoms with van der Waals surface area (Å²) in [6.45, 7) is 6.22. The van der Waals surface area contributed by atoms with Gasteiger partial charge in [-0.05, 0) is 55.2 Å². The maximum Gasteiger partial charge on any atom is 0.244 e. The van der Waals surface area contributed by atoms with Crippen LogP contribution in [0.15, 0.2) is 42.5 Å². The molecule has 2 aromatic rings. The third-order valence-corrected chi connectivity index (χ3v) is 4.36. The number of hydrogen-bond acceptors (Lipinski definition) is 3. The van der Waals surface area contributed by atoms with E-state index in [0.29, 0.717) is 11.5 Å². The summed E-state index contributed by atoms with van der Waals surface area (Å²) in [5.74, 6) is 1.18. The maximum absolute atomic E-state index is 12.4. The Labute approximate surface area is 155 Å². The van der Waals surface area contributed by atoms with Crippen molar-refractivity contribution in [3.05, 3.63) is 64.7 Å². The lowest BCUT2D eigenvalue weighted by Crippen LogP contribution is -2.26. The van der Waals surface area contributed by atoms with Crippen molar-refractivity contribution in [3.8, 4) is 11.5 Å². The number of hydrogen-bond donors (Lipinski definition) is 1. The molecule has 0 aliphatic carbocycles. The number of benzene rings is 2. The van der Waals surface area contributed by atoms with Gasteiger partial charge < -0.3 is 14.8 Å². The Kier molecular flexibility index (Phi) is 6.84. The molecule has 1 unspecified atom stereocenters. The number of ether oxygens (including phenoxy) is 2. The Morgan fingerprint density at radius 1 is 1.08 bits per heavy atom. The van der Waals surface area contributed by atoms with E-state index in [4.69, 9.17) is 9.47 Å². The van der Waals surface area contributed by atoms with Crippen molar-refractivity contribution in [1.82, 2.24) is 5.32 Å². The standard InChI is InChI=1S/C22H27NO3/c1-6-19(18-10-7-15(2)13-16(18)3)23-22(24)12-9-17-8-11-20(25-4)21(14-17)26-5/h7-14,19H,6H2,1-5H3,(H,23,24)/b12-9+. The summed E-state index contributed by atoms with van der Waals surface area (Å²) >= 11 is 0. The summed E-state index contributed by atoms with van der Waals surface area (Å²) in [6.07, 6.45) is 4.15. The van der Waals surface area contributed by atoms with Crippen LogP contribution in [0.2, 0.25) is 0 Å². The predicted molar refractivity (Wildman–Crippen MR) is 106 cm³/mol. The summed E-state index contributed by atoms with van der Waals surface area (Å²) in [5.41, 5.74) is 4.45. The number of nitrogens with one attached hydrogen (secondary N) is 1. The molecule has 4 heteroatoms. The van der Waals surface area contributed by atoms with Crippen LogP contribution >= 0.6 is 0 Å². The second-order valence-electron chi connectivity index (χ2n) is 6.28. The molecule has 138 valence electrons. The van der Waals surface area contributed by atoms with Gasteiger partial charge in [-0.25, -0.2) is 0 Å². The molecular weight excluding hydrogens is 326 g/mol. The molecule has 0 fully saturated rings. The largest absolute Gasteiger partial charge is 0.493 e. The SMILES string of the molecule is CCC(NC(=O)/C=C/c1ccc(OC)c(OC)c1)c1ccc(C)cc1C. The van der Waals surface area contributed by atoms with Gasteiger partial charge >= 0.3 is 0 Å². The number of carbonyl (C=O) groups is 1. The van der Waals surface area contributed by atoms with E-state index in [9.17, 15) is 4.79 Å². The van der Waals surface area contributed by atoms with Crippen molar-refractivity contribution >= 4 is 12.0 Å². The lowest BCUT2D eigenvalue weighted by Gasteiger charge is -2.19. The maximum atomic E-state index is 12.4. The molecule has 0 saturated heterocycles. The van der Waals surface area contributed by atoms with Gasteiger partial charge in [0.05, 0.1) is 20.3 Å². The number of carbonyl (C=O) groups excluding carboxylic acids is 1. The number of methoxy groups -OCH3 is 2. The van der Waals surface area contributed by atoms with E-state index in [0.717, 1.165) is 17.5 Å². The van der Waals surface area contributed by atoms with Crippen molar-refractivity contribution in [2.75, 3.05) is 14.2 Å². The van der Waals surface area contributed by atoms with E-state index in [1.54, 1.807) is 26.4 Å². The normalized spacial score (nSPS) is 12.0. The second kappa shape index (κ2) is 9.09. The summed E-state index contributed by atoms with van der Waals surface area (Å²) in [6, 6.07) is 11.9. The quantitative estimate of drug-likeness (QED) is 0.740. The summed E-state index contributed by atoms with van der Waals surface area (Å²) in [5, 5.41) is 3.08. The molecule has 2 aromatic carbocycles. The molecule has 1 amide bonds. The van der Waals surface area contributed by atoms with Crippen molar-refractivity contribution in [2.45, 2.75) is 33.2 Å². The van der Waals surface area contributed by atoms with E-state index in [1.807, 2.05) is 18.2 Å². The van der Waals surface area contributed by atoms with Crippen LogP contribution in [-0.4, -0.2) is 20.1 Å². The van der Waals surface area contributed by atoms with Crippen LogP contribution in [0.25, 0.3) is 6.08 Å². The zero-order chi connectivity index (χ0) is 19.1. The Bertz CT molecular complexity index is 796. The topological polar surface area (TPSA) is 47.6 Å². The minimum absolute atomic E-state index is 0.00171. The highest BCUT2D eigenvalue weighted by molar-refractivity contribution is 5.92. The molecule has 0 saturated carbocycles. The molecule has 0 aromatic heterocycles. The molecule has 0 heterocycles. The van der Waals surface area contributed by atoms with Crippen LogP contribution in [-0.2, 0) is 4.79 Å². The number of aryl methyl sites for hydroxylation is 2. The molecule has 1 N–H and O–H groups in total. The van der Waals surface area contributed by atoms with E-state index in [-0.39, 0.29) is 11.9 Å². The van der Waals surface area contributed by atoms with Gasteiger partial charge in [-0.2, -0.15) is 0 Å². The van der Waals surface area contributed by atoms with Gasteiger partial charge in [0.1, 0.15) is 0 Å². The predicted octanol–water partition coefficient (Wildman–Crippen LogP) is 4.60. The molecule has 0 radical (unpaired) electrons. The first-order valence-corrected chi connectivity index (χ1v) is 8.76. The minimum Gasteiger partial charge on any atom is -0.493 e. The zero-order valence-electron chi connectivity index (χ0n) is 16.1. The van der Waals surface area contributed by atoms with Crippen LogP contribution in [0, 0.1) is 13.8 Å². The monoisotopic (exact) mass is 353 g/mol. The fourth-order valence-electron chi connectivity index (χ4n) is 2.96. The molecule has 0 bridgehead atoms. The first kappa shape index (κ1) is 19.6. The summed E-state index contributed by atoms with van der Waals surface area (Å²) in [4.78, 5) is 12.4. The number of rotatable bonds is 7. The van der Waals surface area contributed by atoms with Gasteiger partial charge in [0.15, 0.2) is 11.5 Å². The van der Waals surface area contributed by atoms with Crippen LogP contribution < -0.4 is 14.8 Å². The molecular formula is C22H27NO3. The third-order valence-electron chi connectivity index (χ3n) is 4.36. The van der Waals surface area contributed by atoms with Crippen LogP contribution in [0.4, 0.5) is 0 Å². The fourth-order valence-corrected chi connectivity index (χ4v) is 2.96. The van der Waals surface area contributed by atoms with Gasteiger partial charge in [0.25, 0.3) is 0 Å². The van der Waals surface area contributed by atoms with Gasteiger partial charge in [-0.3, -0.25) is 4.79 Å². The molecule has 0 spiro atoms. The van der Waals surface area contributed by atoms with Gasteiger partial charge in [0.2, 0.25) is 5.91 Å². The van der Waals surface area contributed by atoms with Crippen LogP contribution in [0.5, 0.6) is 11.5 Å². The van der Waals surface area contributed by atoms with Crippen molar-refractivity contribution in [1.29, 1.82) is 0 Å². The Balaban J connectivity index is 2.10. The van der Waals surface area contributed by atoms with Crippen LogP contribution in [0.1, 0.15) is 41.6 Å². The van der Waals surface area contributed by atoms with E-state index in [1.165, 1.54) is 11.1 Å². The molecule has 26 heavy (non-hydrogen) atoms. The Hall–Kier alpha value is -2.75. The Morgan fingerprint density at radius 2 is 1.81 bits per heavy atom. The van der Waals surface area contributed by atoms with Crippen molar-refractivity contribution < 1.29 is 14.3 Å². The third kappa shape index (κ3) is 4.88. The second-order valence-corrected chi connectivity index (χ2v) is 6.28. The molecule has 0 aliphatic heterocycles. The molecule has 1 atom stereocenters. The van der Waals surface area contributed by atoms with E-state index >= 15 is 0 Å². The average Bonchev–Trinajstić information content (AvgIpc) is 2.64. The average molecular weight is 353 g/mol. The lowest BCUT2D eigenvalue weighted by molar-refractivity contribution is -0.117. The molecule has 4 nitrogen and oxygen atoms in total. The van der Waals surface area contributed by atoms with E-state index in [2.05, 4.69) is 44.3 Å². The van der Waals surface area contributed by atoms with Gasteiger partial charge in [-0.1, -0.05) is 36.8 Å². The summed E-state index contributed by atoms with van der Waals surface area (Å²) < 4.78 is 10.5. The van der Waals surface area contributed by atoms with Crippen LogP contribution in [0.3, 0.4) is 0 Å². The minimum atomic E-state index is -0.119. The van der Waals surface area contributed by atoms with Gasteiger partial charge in [0, 0.05) is 6.08 Å².